The van der Waals surface area contributed by atoms with Gasteiger partial charge in [-0.05, 0) is 47.7 Å². The van der Waals surface area contributed by atoms with Gasteiger partial charge in [0.2, 0.25) is 0 Å². The highest BCUT2D eigenvalue weighted by Gasteiger charge is 2.08. The molecule has 0 aliphatic heterocycles. The first-order chi connectivity index (χ1) is 7.22. The summed E-state index contributed by atoms with van der Waals surface area (Å²) in [5.41, 5.74) is 1.38. The van der Waals surface area contributed by atoms with Crippen LogP contribution in [0.2, 0.25) is 0 Å². The van der Waals surface area contributed by atoms with Crippen molar-refractivity contribution < 1.29 is 5.11 Å². The van der Waals surface area contributed by atoms with Crippen LogP contribution in [-0.4, -0.2) is 24.3 Å². The van der Waals surface area contributed by atoms with E-state index in [0.717, 1.165) is 19.4 Å². The molecule has 2 N–H and O–H groups in total. The third-order valence-corrected chi connectivity index (χ3v) is 3.14. The molecule has 1 unspecified atom stereocenters. The van der Waals surface area contributed by atoms with Crippen LogP contribution in [0.4, 0.5) is 0 Å². The topological polar surface area (TPSA) is 32.3 Å². The van der Waals surface area contributed by atoms with E-state index in [0.29, 0.717) is 5.92 Å². The van der Waals surface area contributed by atoms with Crippen LogP contribution in [0.5, 0.6) is 0 Å². The fraction of sp³-hybridized carbons (Fsp3) is 0.667. The van der Waals surface area contributed by atoms with E-state index in [4.69, 9.17) is 0 Å². The largest absolute Gasteiger partial charge is 0.395 e. The molecule has 0 bridgehead atoms. The van der Waals surface area contributed by atoms with Crippen molar-refractivity contribution in [3.63, 3.8) is 0 Å². The summed E-state index contributed by atoms with van der Waals surface area (Å²) >= 11 is 1.74. The molecule has 0 spiro atoms. The van der Waals surface area contributed by atoms with Crippen molar-refractivity contribution in [2.75, 3.05) is 13.2 Å². The molecule has 86 valence electrons. The molecular weight excluding hydrogens is 206 g/mol. The van der Waals surface area contributed by atoms with Gasteiger partial charge in [-0.1, -0.05) is 13.8 Å². The fourth-order valence-corrected chi connectivity index (χ4v) is 2.35. The average molecular weight is 227 g/mol. The van der Waals surface area contributed by atoms with E-state index < -0.39 is 0 Å². The van der Waals surface area contributed by atoms with Crippen LogP contribution in [0, 0.1) is 5.92 Å². The molecule has 0 radical (unpaired) electrons. The number of hydrogen-bond acceptors (Lipinski definition) is 3. The van der Waals surface area contributed by atoms with Crippen LogP contribution < -0.4 is 5.32 Å². The molecule has 15 heavy (non-hydrogen) atoms. The number of aliphatic hydroxyl groups excluding tert-OH is 1. The summed E-state index contributed by atoms with van der Waals surface area (Å²) in [4.78, 5) is 0. The molecule has 0 saturated carbocycles. The van der Waals surface area contributed by atoms with Crippen LogP contribution in [0.15, 0.2) is 16.8 Å². The highest BCUT2D eigenvalue weighted by atomic mass is 32.1. The van der Waals surface area contributed by atoms with Crippen LogP contribution in [0.3, 0.4) is 0 Å². The highest BCUT2D eigenvalue weighted by molar-refractivity contribution is 7.07. The monoisotopic (exact) mass is 227 g/mol. The lowest BCUT2D eigenvalue weighted by molar-refractivity contribution is 0.225. The molecule has 1 rings (SSSR count). The van der Waals surface area contributed by atoms with Gasteiger partial charge in [0.25, 0.3) is 0 Å². The van der Waals surface area contributed by atoms with E-state index in [2.05, 4.69) is 36.0 Å². The lowest BCUT2D eigenvalue weighted by Gasteiger charge is -2.17. The van der Waals surface area contributed by atoms with Crippen LogP contribution in [-0.2, 0) is 6.42 Å². The van der Waals surface area contributed by atoms with Gasteiger partial charge in [-0.2, -0.15) is 11.3 Å². The second kappa shape index (κ2) is 6.99. The number of aliphatic hydroxyl groups is 1. The van der Waals surface area contributed by atoms with Gasteiger partial charge in [0.1, 0.15) is 0 Å². The SMILES string of the molecule is CC(C)CC(CO)NCCc1ccsc1. The smallest absolute Gasteiger partial charge is 0.0584 e. The molecule has 1 atom stereocenters. The summed E-state index contributed by atoms with van der Waals surface area (Å²) in [5, 5.41) is 16.8. The molecule has 1 heterocycles. The summed E-state index contributed by atoms with van der Waals surface area (Å²) in [5.74, 6) is 0.635. The van der Waals surface area contributed by atoms with Gasteiger partial charge in [-0.25, -0.2) is 0 Å². The number of rotatable bonds is 7. The maximum atomic E-state index is 9.17. The second-order valence-corrected chi connectivity index (χ2v) is 5.12. The molecule has 3 heteroatoms. The van der Waals surface area contributed by atoms with Crippen molar-refractivity contribution in [3.8, 4) is 0 Å². The van der Waals surface area contributed by atoms with Gasteiger partial charge in [0, 0.05) is 6.04 Å². The zero-order chi connectivity index (χ0) is 11.1. The Morgan fingerprint density at radius 3 is 2.80 bits per heavy atom. The minimum Gasteiger partial charge on any atom is -0.395 e. The van der Waals surface area contributed by atoms with Crippen molar-refractivity contribution in [1.82, 2.24) is 5.32 Å². The highest BCUT2D eigenvalue weighted by Crippen LogP contribution is 2.07. The maximum absolute atomic E-state index is 9.17. The van der Waals surface area contributed by atoms with E-state index >= 15 is 0 Å². The van der Waals surface area contributed by atoms with Gasteiger partial charge < -0.3 is 10.4 Å². The van der Waals surface area contributed by atoms with Gasteiger partial charge in [-0.3, -0.25) is 0 Å². The number of thiophene rings is 1. The second-order valence-electron chi connectivity index (χ2n) is 4.34. The molecule has 0 amide bonds. The van der Waals surface area contributed by atoms with Gasteiger partial charge in [0.15, 0.2) is 0 Å². The number of nitrogens with one attached hydrogen (secondary N) is 1. The molecule has 2 nitrogen and oxygen atoms in total. The summed E-state index contributed by atoms with van der Waals surface area (Å²) in [6.07, 6.45) is 2.10. The molecule has 0 aliphatic rings. The molecule has 1 aromatic rings. The molecule has 0 fully saturated rings. The van der Waals surface area contributed by atoms with E-state index in [1.54, 1.807) is 11.3 Å². The van der Waals surface area contributed by atoms with Crippen LogP contribution in [0.1, 0.15) is 25.8 Å². The van der Waals surface area contributed by atoms with Crippen molar-refractivity contribution >= 4 is 11.3 Å². The Bertz CT molecular complexity index is 246. The fourth-order valence-electron chi connectivity index (χ4n) is 1.65. The maximum Gasteiger partial charge on any atom is 0.0584 e. The third-order valence-electron chi connectivity index (χ3n) is 2.40. The van der Waals surface area contributed by atoms with E-state index in [1.165, 1.54) is 5.56 Å². The predicted molar refractivity (Wildman–Crippen MR) is 66.4 cm³/mol. The average Bonchev–Trinajstić information content (AvgIpc) is 2.68. The Hall–Kier alpha value is -0.380. The Morgan fingerprint density at radius 2 is 2.27 bits per heavy atom. The minimum atomic E-state index is 0.238. The Kier molecular flexibility index (Phi) is 5.91. The summed E-state index contributed by atoms with van der Waals surface area (Å²) < 4.78 is 0. The first-order valence-corrected chi connectivity index (χ1v) is 6.52. The van der Waals surface area contributed by atoms with Crippen molar-refractivity contribution in [2.24, 2.45) is 5.92 Å². The molecule has 0 aliphatic carbocycles. The lowest BCUT2D eigenvalue weighted by Crippen LogP contribution is -2.35. The first kappa shape index (κ1) is 12.7. The normalized spacial score (nSPS) is 13.3. The van der Waals surface area contributed by atoms with Crippen molar-refractivity contribution in [2.45, 2.75) is 32.7 Å². The van der Waals surface area contributed by atoms with E-state index in [-0.39, 0.29) is 12.6 Å². The van der Waals surface area contributed by atoms with Crippen molar-refractivity contribution in [3.05, 3.63) is 22.4 Å². The Morgan fingerprint density at radius 1 is 1.47 bits per heavy atom. The van der Waals surface area contributed by atoms with Crippen LogP contribution in [0.25, 0.3) is 0 Å². The lowest BCUT2D eigenvalue weighted by atomic mass is 10.0. The summed E-state index contributed by atoms with van der Waals surface area (Å²) in [7, 11) is 0. The minimum absolute atomic E-state index is 0.238. The Labute approximate surface area is 96.3 Å². The van der Waals surface area contributed by atoms with Gasteiger partial charge in [0.05, 0.1) is 6.61 Å². The molecule has 0 saturated heterocycles. The molecule has 0 aromatic carbocycles. The number of hydrogen-bond donors (Lipinski definition) is 2. The standard InChI is InChI=1S/C12H21NOS/c1-10(2)7-12(8-14)13-5-3-11-4-6-15-9-11/h4,6,9-10,12-14H,3,5,7-8H2,1-2H3. The molecular formula is C12H21NOS. The quantitative estimate of drug-likeness (QED) is 0.749. The van der Waals surface area contributed by atoms with Crippen molar-refractivity contribution in [1.29, 1.82) is 0 Å². The summed E-state index contributed by atoms with van der Waals surface area (Å²) in [6.45, 7) is 5.56. The first-order valence-electron chi connectivity index (χ1n) is 5.57. The zero-order valence-corrected chi connectivity index (χ0v) is 10.4. The van der Waals surface area contributed by atoms with Gasteiger partial charge >= 0.3 is 0 Å². The van der Waals surface area contributed by atoms with E-state index in [9.17, 15) is 5.11 Å². The van der Waals surface area contributed by atoms with Gasteiger partial charge in [-0.15, -0.1) is 0 Å². The predicted octanol–water partition coefficient (Wildman–Crippen LogP) is 2.29. The zero-order valence-electron chi connectivity index (χ0n) is 9.57. The Balaban J connectivity index is 2.17. The third kappa shape index (κ3) is 5.30. The van der Waals surface area contributed by atoms with E-state index in [1.807, 2.05) is 0 Å². The summed E-state index contributed by atoms with van der Waals surface area (Å²) in [6, 6.07) is 2.41. The van der Waals surface area contributed by atoms with Crippen LogP contribution >= 0.6 is 11.3 Å². The molecule has 1 aromatic heterocycles.